The molecule has 1 aromatic carbocycles. The number of aliphatic hydroxyl groups is 1. The molecule has 1 fully saturated rings. The highest BCUT2D eigenvalue weighted by molar-refractivity contribution is 5.90. The molecule has 2 aliphatic carbocycles. The number of carboxylic acid groups (broad SMARTS) is 2. The number of methoxy groups -OCH3 is 1. The molecule has 2 aliphatic heterocycles. The van der Waals surface area contributed by atoms with Gasteiger partial charge in [0.25, 0.3) is 0 Å². The molecule has 5 rings (SSSR count). The summed E-state index contributed by atoms with van der Waals surface area (Å²) in [5, 5.41) is 28.6. The van der Waals surface area contributed by atoms with Gasteiger partial charge in [-0.1, -0.05) is 6.07 Å². The van der Waals surface area contributed by atoms with Crippen LogP contribution in [-0.4, -0.2) is 119 Å². The van der Waals surface area contributed by atoms with E-state index < -0.39 is 77.4 Å². The molecule has 0 aromatic heterocycles. The van der Waals surface area contributed by atoms with Gasteiger partial charge in [-0.2, -0.15) is 13.2 Å². The predicted octanol–water partition coefficient (Wildman–Crippen LogP) is 1.03. The van der Waals surface area contributed by atoms with E-state index >= 15 is 0 Å². The maximum Gasteiger partial charge on any atom is 0.490 e. The molecule has 0 saturated carbocycles. The van der Waals surface area contributed by atoms with Crippen LogP contribution in [0, 0.1) is 0 Å². The average Bonchev–Trinajstić information content (AvgIpc) is 3.37. The van der Waals surface area contributed by atoms with Gasteiger partial charge in [0.1, 0.15) is 5.76 Å². The third-order valence-electron chi connectivity index (χ3n) is 8.99. The van der Waals surface area contributed by atoms with Crippen molar-refractivity contribution >= 4 is 35.8 Å². The van der Waals surface area contributed by atoms with Crippen LogP contribution in [0.15, 0.2) is 24.0 Å². The third-order valence-corrected chi connectivity index (χ3v) is 8.99. The third kappa shape index (κ3) is 6.66. The Balaban J connectivity index is 0.000000727. The number of likely N-dealkylation sites (N-methyl/N-ethyl adjacent to an activating group) is 1. The zero-order chi connectivity index (χ0) is 37.5. The van der Waals surface area contributed by atoms with E-state index in [-0.39, 0.29) is 18.2 Å². The summed E-state index contributed by atoms with van der Waals surface area (Å²) in [5.74, 6) is -8.20. The molecule has 0 radical (unpaired) electrons. The number of esters is 4. The van der Waals surface area contributed by atoms with Crippen LogP contribution in [-0.2, 0) is 59.6 Å². The molecule has 1 aromatic rings. The first-order valence-corrected chi connectivity index (χ1v) is 15.0. The number of ether oxygens (including phenoxy) is 6. The van der Waals surface area contributed by atoms with Gasteiger partial charge in [0.2, 0.25) is 12.2 Å². The van der Waals surface area contributed by atoms with Crippen LogP contribution in [0.1, 0.15) is 44.7 Å². The lowest BCUT2D eigenvalue weighted by Gasteiger charge is -2.61. The van der Waals surface area contributed by atoms with Crippen molar-refractivity contribution in [2.75, 3.05) is 20.7 Å². The Morgan fingerprint density at radius 1 is 1.00 bits per heavy atom. The van der Waals surface area contributed by atoms with Gasteiger partial charge in [-0.3, -0.25) is 9.59 Å². The quantitative estimate of drug-likeness (QED) is 0.240. The van der Waals surface area contributed by atoms with Crippen LogP contribution in [0.4, 0.5) is 13.2 Å². The molecule has 274 valence electrons. The normalized spacial score (nSPS) is 26.1. The number of benzene rings is 1. The summed E-state index contributed by atoms with van der Waals surface area (Å²) in [7, 11) is 3.44. The van der Waals surface area contributed by atoms with E-state index in [1.807, 2.05) is 13.1 Å². The molecule has 7 atom stereocenters. The van der Waals surface area contributed by atoms with Crippen molar-refractivity contribution in [1.29, 1.82) is 0 Å². The van der Waals surface area contributed by atoms with Crippen molar-refractivity contribution in [3.63, 3.8) is 0 Å². The molecule has 1 spiro atoms. The number of aliphatic carboxylic acids is 2. The van der Waals surface area contributed by atoms with Crippen LogP contribution in [0.5, 0.6) is 11.5 Å². The molecule has 16 nitrogen and oxygen atoms in total. The van der Waals surface area contributed by atoms with Crippen molar-refractivity contribution in [3.05, 3.63) is 35.1 Å². The first-order chi connectivity index (χ1) is 23.2. The number of alkyl halides is 3. The van der Waals surface area contributed by atoms with E-state index in [4.69, 9.17) is 43.4 Å². The Morgan fingerprint density at radius 3 is 2.10 bits per heavy atom. The fourth-order valence-corrected chi connectivity index (χ4v) is 6.88. The van der Waals surface area contributed by atoms with Crippen LogP contribution < -0.4 is 9.47 Å². The summed E-state index contributed by atoms with van der Waals surface area (Å²) >= 11 is 0. The Morgan fingerprint density at radius 2 is 1.58 bits per heavy atom. The molecular weight excluding hydrogens is 683 g/mol. The standard InChI is InChI=1S/C29H33NO13.C2HF3O2/c1-13(25(33)34)39-26(35)22(40-14(2)31)23(41-15(3)32)27(36)42-18-8-9-29(37)19-12-16-6-7-17(38-5)21-20(16)28(29,24(18)43-21)10-11-30(19)4;3-2(4,5)1(6)7/h6-8,13,19,22-24,37H,9-12H2,1-5H3,(H,33,34);(H,6,7)/t13-,19+,22+,23+,24-,28-,29+;/m0./s1. The molecular formula is C31H34F3NO15. The number of rotatable bonds is 9. The zero-order valence-electron chi connectivity index (χ0n) is 27.3. The highest BCUT2D eigenvalue weighted by Crippen LogP contribution is 2.65. The minimum absolute atomic E-state index is 0.00456. The van der Waals surface area contributed by atoms with Crippen LogP contribution in [0.3, 0.4) is 0 Å². The smallest absolute Gasteiger partial charge is 0.490 e. The van der Waals surface area contributed by atoms with E-state index in [0.29, 0.717) is 30.9 Å². The number of nitrogens with zero attached hydrogens (tertiary/aromatic N) is 1. The van der Waals surface area contributed by atoms with Gasteiger partial charge in [0.15, 0.2) is 23.7 Å². The molecule has 2 bridgehead atoms. The van der Waals surface area contributed by atoms with Gasteiger partial charge in [-0.05, 0) is 51.1 Å². The molecule has 4 aliphatic rings. The van der Waals surface area contributed by atoms with Crippen molar-refractivity contribution in [3.8, 4) is 11.5 Å². The SMILES string of the molecule is COc1ccc2c3c1O[C@H]1C(OC(=O)[C@H](OC(C)=O)[C@@H](OC(C)=O)C(=O)O[C@@H](C)C(=O)O)=CC[C@@]4(O)[C@@H](C2)N(C)CC[C@]314.O=C(O)C(F)(F)F. The monoisotopic (exact) mass is 717 g/mol. The molecule has 50 heavy (non-hydrogen) atoms. The second-order valence-electron chi connectivity index (χ2n) is 12.0. The Labute approximate surface area is 281 Å². The summed E-state index contributed by atoms with van der Waals surface area (Å²) in [5.41, 5.74) is -0.563. The van der Waals surface area contributed by atoms with Crippen molar-refractivity contribution in [2.45, 2.75) is 87.7 Å². The Kier molecular flexibility index (Phi) is 10.4. The Bertz CT molecular complexity index is 1630. The number of carboxylic acids is 2. The number of halogens is 3. The van der Waals surface area contributed by atoms with Crippen LogP contribution in [0.25, 0.3) is 0 Å². The van der Waals surface area contributed by atoms with Gasteiger partial charge in [-0.25, -0.2) is 19.2 Å². The van der Waals surface area contributed by atoms with E-state index in [1.165, 1.54) is 13.2 Å². The lowest BCUT2D eigenvalue weighted by atomic mass is 9.50. The summed E-state index contributed by atoms with van der Waals surface area (Å²) in [6, 6.07) is 3.45. The molecule has 1 saturated heterocycles. The highest BCUT2D eigenvalue weighted by Gasteiger charge is 2.72. The minimum atomic E-state index is -5.08. The van der Waals surface area contributed by atoms with Gasteiger partial charge < -0.3 is 48.6 Å². The Hall–Kier alpha value is -4.91. The van der Waals surface area contributed by atoms with Gasteiger partial charge in [-0.15, -0.1) is 0 Å². The number of piperidine rings is 1. The first-order valence-electron chi connectivity index (χ1n) is 15.0. The summed E-state index contributed by atoms with van der Waals surface area (Å²) < 4.78 is 64.3. The van der Waals surface area contributed by atoms with Gasteiger partial charge in [0.05, 0.1) is 18.1 Å². The number of hydrogen-bond donors (Lipinski definition) is 3. The fraction of sp³-hybridized carbons (Fsp3) is 0.548. The first kappa shape index (κ1) is 37.9. The van der Waals surface area contributed by atoms with Gasteiger partial charge in [0, 0.05) is 31.9 Å². The summed E-state index contributed by atoms with van der Waals surface area (Å²) in [4.78, 5) is 72.6. The second kappa shape index (κ2) is 13.8. The molecule has 2 heterocycles. The van der Waals surface area contributed by atoms with Crippen LogP contribution >= 0.6 is 0 Å². The van der Waals surface area contributed by atoms with Crippen LogP contribution in [0.2, 0.25) is 0 Å². The highest BCUT2D eigenvalue weighted by atomic mass is 19.4. The van der Waals surface area contributed by atoms with E-state index in [2.05, 4.69) is 4.90 Å². The topological polar surface area (TPSA) is 222 Å². The summed E-state index contributed by atoms with van der Waals surface area (Å²) in [6.45, 7) is 3.56. The molecule has 0 amide bonds. The zero-order valence-corrected chi connectivity index (χ0v) is 27.3. The maximum absolute atomic E-state index is 13.6. The molecule has 19 heteroatoms. The van der Waals surface area contributed by atoms with Crippen molar-refractivity contribution < 1.29 is 85.7 Å². The number of carbonyl (C=O) groups excluding carboxylic acids is 4. The molecule has 3 N–H and O–H groups in total. The lowest BCUT2D eigenvalue weighted by Crippen LogP contribution is -2.74. The fourth-order valence-electron chi connectivity index (χ4n) is 6.88. The second-order valence-corrected chi connectivity index (χ2v) is 12.0. The maximum atomic E-state index is 13.6. The summed E-state index contributed by atoms with van der Waals surface area (Å²) in [6.07, 6.45) is -9.46. The minimum Gasteiger partial charge on any atom is -0.493 e. The predicted molar refractivity (Wildman–Crippen MR) is 156 cm³/mol. The number of carbonyl (C=O) groups is 6. The largest absolute Gasteiger partial charge is 0.493 e. The lowest BCUT2D eigenvalue weighted by molar-refractivity contribution is -0.194. The van der Waals surface area contributed by atoms with Gasteiger partial charge >= 0.3 is 42.0 Å². The van der Waals surface area contributed by atoms with E-state index in [9.17, 15) is 42.3 Å². The van der Waals surface area contributed by atoms with E-state index in [0.717, 1.165) is 31.9 Å². The average molecular weight is 718 g/mol. The molecule has 0 unspecified atom stereocenters. The van der Waals surface area contributed by atoms with Crippen molar-refractivity contribution in [1.82, 2.24) is 4.90 Å². The van der Waals surface area contributed by atoms with E-state index in [1.54, 1.807) is 6.07 Å². The number of hydrogen-bond acceptors (Lipinski definition) is 14. The van der Waals surface area contributed by atoms with Crippen molar-refractivity contribution in [2.24, 2.45) is 0 Å². The number of likely N-dealkylation sites (tertiary alicyclic amines) is 1.